The molecule has 1 atom stereocenters. The number of hydrogen-bond acceptors (Lipinski definition) is 3. The van der Waals surface area contributed by atoms with Gasteiger partial charge in [-0.3, -0.25) is 0 Å². The van der Waals surface area contributed by atoms with Gasteiger partial charge in [0.25, 0.3) is 0 Å². The van der Waals surface area contributed by atoms with Gasteiger partial charge >= 0.3 is 0 Å². The number of rotatable bonds is 2. The van der Waals surface area contributed by atoms with Gasteiger partial charge in [-0.05, 0) is 19.1 Å². The third-order valence-corrected chi connectivity index (χ3v) is 3.21. The van der Waals surface area contributed by atoms with Gasteiger partial charge in [-0.2, -0.15) is 0 Å². The zero-order valence-electron chi connectivity index (χ0n) is 7.65. The second-order valence-corrected chi connectivity index (χ2v) is 3.96. The molecule has 2 aromatic rings. The van der Waals surface area contributed by atoms with Gasteiger partial charge < -0.3 is 4.74 Å². The summed E-state index contributed by atoms with van der Waals surface area (Å²) in [5.74, 6) is 0. The Balaban J connectivity index is 2.49. The van der Waals surface area contributed by atoms with Gasteiger partial charge in [0.15, 0.2) is 0 Å². The van der Waals surface area contributed by atoms with Gasteiger partial charge in [0, 0.05) is 7.11 Å². The van der Waals surface area contributed by atoms with E-state index < -0.39 is 0 Å². The molecule has 68 valence electrons. The summed E-state index contributed by atoms with van der Waals surface area (Å²) in [5, 5.41) is 1.05. The van der Waals surface area contributed by atoms with Gasteiger partial charge in [-0.15, -0.1) is 11.3 Å². The topological polar surface area (TPSA) is 22.1 Å². The molecule has 1 aromatic heterocycles. The van der Waals surface area contributed by atoms with Crippen molar-refractivity contribution in [1.29, 1.82) is 0 Å². The largest absolute Gasteiger partial charge is 0.375 e. The van der Waals surface area contributed by atoms with Gasteiger partial charge in [-0.1, -0.05) is 12.1 Å². The van der Waals surface area contributed by atoms with E-state index in [1.165, 1.54) is 4.70 Å². The number of ether oxygens (including phenoxy) is 1. The first-order chi connectivity index (χ1) is 6.31. The molecule has 0 spiro atoms. The lowest BCUT2D eigenvalue weighted by Gasteiger charge is -2.02. The van der Waals surface area contributed by atoms with Crippen molar-refractivity contribution in [2.24, 2.45) is 0 Å². The molecule has 0 fully saturated rings. The van der Waals surface area contributed by atoms with Crippen molar-refractivity contribution in [3.8, 4) is 0 Å². The molecular formula is C10H11NOS. The summed E-state index contributed by atoms with van der Waals surface area (Å²) in [7, 11) is 1.71. The van der Waals surface area contributed by atoms with Crippen molar-refractivity contribution >= 4 is 21.6 Å². The van der Waals surface area contributed by atoms with Gasteiger partial charge in [0.05, 0.1) is 10.2 Å². The Bertz CT molecular complexity index is 377. The van der Waals surface area contributed by atoms with Crippen LogP contribution in [-0.4, -0.2) is 12.1 Å². The molecule has 0 unspecified atom stereocenters. The van der Waals surface area contributed by atoms with Crippen molar-refractivity contribution in [2.45, 2.75) is 13.0 Å². The van der Waals surface area contributed by atoms with E-state index in [0.717, 1.165) is 10.5 Å². The lowest BCUT2D eigenvalue weighted by atomic mass is 10.3. The fraction of sp³-hybridized carbons (Fsp3) is 0.300. The van der Waals surface area contributed by atoms with Crippen LogP contribution in [0.25, 0.3) is 10.2 Å². The van der Waals surface area contributed by atoms with Gasteiger partial charge in [0.2, 0.25) is 0 Å². The molecule has 0 saturated carbocycles. The number of fused-ring (bicyclic) bond motifs is 1. The standard InChI is InChI=1S/C10H11NOS/c1-7(12-2)10-11-8-5-3-4-6-9(8)13-10/h3-7H,1-2H3/t7-/m1/s1. The maximum absolute atomic E-state index is 5.21. The number of methoxy groups -OCH3 is 1. The third kappa shape index (κ3) is 1.57. The minimum Gasteiger partial charge on any atom is -0.375 e. The molecule has 2 rings (SSSR count). The zero-order chi connectivity index (χ0) is 9.26. The zero-order valence-corrected chi connectivity index (χ0v) is 8.47. The minimum atomic E-state index is 0.0948. The van der Waals surface area contributed by atoms with Gasteiger partial charge in [-0.25, -0.2) is 4.98 Å². The molecule has 1 aromatic carbocycles. The maximum atomic E-state index is 5.21. The molecule has 0 amide bonds. The fourth-order valence-electron chi connectivity index (χ4n) is 1.16. The van der Waals surface area contributed by atoms with Crippen LogP contribution in [0.4, 0.5) is 0 Å². The highest BCUT2D eigenvalue weighted by atomic mass is 32.1. The van der Waals surface area contributed by atoms with E-state index >= 15 is 0 Å². The quantitative estimate of drug-likeness (QED) is 0.731. The highest BCUT2D eigenvalue weighted by Crippen LogP contribution is 2.27. The van der Waals surface area contributed by atoms with Crippen molar-refractivity contribution in [2.75, 3.05) is 7.11 Å². The summed E-state index contributed by atoms with van der Waals surface area (Å²) >= 11 is 1.69. The average molecular weight is 193 g/mol. The van der Waals surface area contributed by atoms with Crippen LogP contribution in [0.15, 0.2) is 24.3 Å². The molecule has 1 heterocycles. The predicted molar refractivity (Wildman–Crippen MR) is 55.0 cm³/mol. The summed E-state index contributed by atoms with van der Waals surface area (Å²) in [4.78, 5) is 4.48. The van der Waals surface area contributed by atoms with Gasteiger partial charge in [0.1, 0.15) is 11.1 Å². The summed E-state index contributed by atoms with van der Waals surface area (Å²) in [5.41, 5.74) is 1.06. The summed E-state index contributed by atoms with van der Waals surface area (Å²) in [6.07, 6.45) is 0.0948. The maximum Gasteiger partial charge on any atom is 0.122 e. The van der Waals surface area contributed by atoms with Crippen LogP contribution in [0.5, 0.6) is 0 Å². The second-order valence-electron chi connectivity index (χ2n) is 2.90. The number of para-hydroxylation sites is 1. The third-order valence-electron chi connectivity index (χ3n) is 2.01. The van der Waals surface area contributed by atoms with Crippen molar-refractivity contribution < 1.29 is 4.74 Å². The van der Waals surface area contributed by atoms with Crippen molar-refractivity contribution in [3.63, 3.8) is 0 Å². The first-order valence-electron chi connectivity index (χ1n) is 4.19. The van der Waals surface area contributed by atoms with Crippen LogP contribution in [0, 0.1) is 0 Å². The predicted octanol–water partition coefficient (Wildman–Crippen LogP) is 3.00. The Hall–Kier alpha value is -0.930. The number of nitrogens with zero attached hydrogens (tertiary/aromatic N) is 1. The normalized spacial score (nSPS) is 13.4. The Kier molecular flexibility index (Phi) is 2.29. The lowest BCUT2D eigenvalue weighted by Crippen LogP contribution is -1.93. The molecular weight excluding hydrogens is 182 g/mol. The van der Waals surface area contributed by atoms with Crippen LogP contribution in [0.2, 0.25) is 0 Å². The smallest absolute Gasteiger partial charge is 0.122 e. The van der Waals surface area contributed by atoms with E-state index in [1.54, 1.807) is 18.4 Å². The summed E-state index contributed by atoms with van der Waals surface area (Å²) in [6.45, 7) is 2.01. The molecule has 0 bridgehead atoms. The first kappa shape index (κ1) is 8.66. The Morgan fingerprint density at radius 3 is 2.85 bits per heavy atom. The Labute approximate surface area is 81.2 Å². The first-order valence-corrected chi connectivity index (χ1v) is 5.01. The molecule has 0 radical (unpaired) electrons. The number of benzene rings is 1. The van der Waals surface area contributed by atoms with E-state index in [4.69, 9.17) is 4.74 Å². The molecule has 2 nitrogen and oxygen atoms in total. The number of thiazole rings is 1. The number of hydrogen-bond donors (Lipinski definition) is 0. The summed E-state index contributed by atoms with van der Waals surface area (Å²) in [6, 6.07) is 8.14. The van der Waals surface area contributed by atoms with Crippen LogP contribution < -0.4 is 0 Å². The lowest BCUT2D eigenvalue weighted by molar-refractivity contribution is 0.119. The van der Waals surface area contributed by atoms with E-state index in [1.807, 2.05) is 25.1 Å². The molecule has 13 heavy (non-hydrogen) atoms. The van der Waals surface area contributed by atoms with Crippen LogP contribution in [-0.2, 0) is 4.74 Å². The molecule has 0 N–H and O–H groups in total. The van der Waals surface area contributed by atoms with Crippen molar-refractivity contribution in [1.82, 2.24) is 4.98 Å². The summed E-state index contributed by atoms with van der Waals surface area (Å²) < 4.78 is 6.44. The van der Waals surface area contributed by atoms with E-state index in [-0.39, 0.29) is 6.10 Å². The van der Waals surface area contributed by atoms with Crippen LogP contribution in [0.1, 0.15) is 18.0 Å². The molecule has 3 heteroatoms. The Morgan fingerprint density at radius 2 is 2.15 bits per heavy atom. The van der Waals surface area contributed by atoms with E-state index in [2.05, 4.69) is 11.1 Å². The van der Waals surface area contributed by atoms with E-state index in [0.29, 0.717) is 0 Å². The van der Waals surface area contributed by atoms with Crippen LogP contribution >= 0.6 is 11.3 Å². The highest BCUT2D eigenvalue weighted by Gasteiger charge is 2.09. The molecule has 0 saturated heterocycles. The van der Waals surface area contributed by atoms with Crippen molar-refractivity contribution in [3.05, 3.63) is 29.3 Å². The average Bonchev–Trinajstić information content (AvgIpc) is 2.59. The highest BCUT2D eigenvalue weighted by molar-refractivity contribution is 7.18. The monoisotopic (exact) mass is 193 g/mol. The molecule has 0 aliphatic carbocycles. The molecule has 0 aliphatic heterocycles. The Morgan fingerprint density at radius 1 is 1.38 bits per heavy atom. The van der Waals surface area contributed by atoms with E-state index in [9.17, 15) is 0 Å². The SMILES string of the molecule is CO[C@H](C)c1nc2ccccc2s1. The second kappa shape index (κ2) is 3.44. The molecule has 0 aliphatic rings. The van der Waals surface area contributed by atoms with Crippen LogP contribution in [0.3, 0.4) is 0 Å². The minimum absolute atomic E-state index is 0.0948. The number of aromatic nitrogens is 1. The fourth-order valence-corrected chi connectivity index (χ4v) is 2.16.